The minimum Gasteiger partial charge on any atom is -0.313 e. The summed E-state index contributed by atoms with van der Waals surface area (Å²) in [6.07, 6.45) is 6.96. The number of hydrogen-bond donors (Lipinski definition) is 2. The van der Waals surface area contributed by atoms with Crippen LogP contribution in [0.2, 0.25) is 0 Å². The SMILES string of the molecule is CNC1CCCCc2[nH]ncc21. The summed E-state index contributed by atoms with van der Waals surface area (Å²) in [5, 5.41) is 10.5. The van der Waals surface area contributed by atoms with E-state index < -0.39 is 0 Å². The average molecular weight is 165 g/mol. The summed E-state index contributed by atoms with van der Waals surface area (Å²) in [6.45, 7) is 0. The third-order valence-corrected chi connectivity index (χ3v) is 2.65. The Labute approximate surface area is 72.6 Å². The summed E-state index contributed by atoms with van der Waals surface area (Å²) in [5.41, 5.74) is 2.70. The van der Waals surface area contributed by atoms with E-state index >= 15 is 0 Å². The van der Waals surface area contributed by atoms with Gasteiger partial charge in [0.1, 0.15) is 0 Å². The van der Waals surface area contributed by atoms with Gasteiger partial charge in [0, 0.05) is 17.3 Å². The average Bonchev–Trinajstić information content (AvgIpc) is 2.46. The quantitative estimate of drug-likeness (QED) is 0.617. The van der Waals surface area contributed by atoms with Gasteiger partial charge < -0.3 is 5.32 Å². The number of H-pyrrole nitrogens is 1. The molecule has 12 heavy (non-hydrogen) atoms. The van der Waals surface area contributed by atoms with Crippen LogP contribution in [0.15, 0.2) is 6.20 Å². The molecular weight excluding hydrogens is 150 g/mol. The Bertz CT molecular complexity index is 254. The minimum absolute atomic E-state index is 0.515. The first-order valence-electron chi connectivity index (χ1n) is 4.61. The Morgan fingerprint density at radius 3 is 3.33 bits per heavy atom. The number of aromatic nitrogens is 2. The maximum atomic E-state index is 4.08. The van der Waals surface area contributed by atoms with Crippen molar-refractivity contribution < 1.29 is 0 Å². The number of aryl methyl sites for hydroxylation is 1. The highest BCUT2D eigenvalue weighted by molar-refractivity contribution is 5.21. The maximum absolute atomic E-state index is 4.08. The monoisotopic (exact) mass is 165 g/mol. The Morgan fingerprint density at radius 1 is 1.58 bits per heavy atom. The molecule has 1 heterocycles. The number of hydrogen-bond acceptors (Lipinski definition) is 2. The van der Waals surface area contributed by atoms with Crippen molar-refractivity contribution in [1.82, 2.24) is 15.5 Å². The molecule has 0 aromatic carbocycles. The first-order valence-corrected chi connectivity index (χ1v) is 4.61. The second-order valence-corrected chi connectivity index (χ2v) is 3.39. The molecule has 0 saturated carbocycles. The molecule has 1 aromatic heterocycles. The van der Waals surface area contributed by atoms with Gasteiger partial charge in [-0.3, -0.25) is 5.10 Å². The number of aromatic amines is 1. The molecule has 0 spiro atoms. The van der Waals surface area contributed by atoms with Crippen LogP contribution in [0, 0.1) is 0 Å². The summed E-state index contributed by atoms with van der Waals surface area (Å²) in [7, 11) is 2.02. The van der Waals surface area contributed by atoms with Crippen LogP contribution in [-0.4, -0.2) is 17.2 Å². The van der Waals surface area contributed by atoms with Gasteiger partial charge in [0.15, 0.2) is 0 Å². The van der Waals surface area contributed by atoms with Gasteiger partial charge in [-0.2, -0.15) is 5.10 Å². The molecule has 1 atom stereocenters. The van der Waals surface area contributed by atoms with Crippen molar-refractivity contribution in [3.63, 3.8) is 0 Å². The van der Waals surface area contributed by atoms with Crippen molar-refractivity contribution in [2.24, 2.45) is 0 Å². The van der Waals surface area contributed by atoms with E-state index in [0.717, 1.165) is 6.42 Å². The van der Waals surface area contributed by atoms with Crippen LogP contribution < -0.4 is 5.32 Å². The number of rotatable bonds is 1. The van der Waals surface area contributed by atoms with E-state index in [0.29, 0.717) is 6.04 Å². The molecule has 1 unspecified atom stereocenters. The zero-order valence-corrected chi connectivity index (χ0v) is 7.43. The highest BCUT2D eigenvalue weighted by atomic mass is 15.1. The molecule has 1 aromatic rings. The first kappa shape index (κ1) is 7.80. The fourth-order valence-corrected chi connectivity index (χ4v) is 1.93. The molecule has 0 fully saturated rings. The topological polar surface area (TPSA) is 40.7 Å². The fraction of sp³-hybridized carbons (Fsp3) is 0.667. The molecule has 1 aliphatic rings. The summed E-state index contributed by atoms with van der Waals surface area (Å²) >= 11 is 0. The second-order valence-electron chi connectivity index (χ2n) is 3.39. The molecular formula is C9H15N3. The van der Waals surface area contributed by atoms with Crippen LogP contribution >= 0.6 is 0 Å². The van der Waals surface area contributed by atoms with Crippen molar-refractivity contribution in [2.75, 3.05) is 7.05 Å². The van der Waals surface area contributed by atoms with E-state index in [1.807, 2.05) is 13.2 Å². The van der Waals surface area contributed by atoms with Crippen molar-refractivity contribution in [3.8, 4) is 0 Å². The van der Waals surface area contributed by atoms with E-state index in [2.05, 4.69) is 15.5 Å². The number of nitrogens with one attached hydrogen (secondary N) is 2. The Balaban J connectivity index is 2.29. The summed E-state index contributed by atoms with van der Waals surface area (Å²) in [5.74, 6) is 0. The smallest absolute Gasteiger partial charge is 0.0538 e. The minimum atomic E-state index is 0.515. The molecule has 3 heteroatoms. The number of fused-ring (bicyclic) bond motifs is 1. The van der Waals surface area contributed by atoms with Crippen LogP contribution in [0.5, 0.6) is 0 Å². The molecule has 66 valence electrons. The van der Waals surface area contributed by atoms with Crippen LogP contribution in [0.4, 0.5) is 0 Å². The van der Waals surface area contributed by atoms with E-state index in [9.17, 15) is 0 Å². The maximum Gasteiger partial charge on any atom is 0.0538 e. The normalized spacial score (nSPS) is 23.2. The largest absolute Gasteiger partial charge is 0.313 e. The summed E-state index contributed by atoms with van der Waals surface area (Å²) in [6, 6.07) is 0.515. The van der Waals surface area contributed by atoms with Gasteiger partial charge in [-0.05, 0) is 26.3 Å². The second kappa shape index (κ2) is 3.27. The van der Waals surface area contributed by atoms with Crippen LogP contribution in [0.3, 0.4) is 0 Å². The highest BCUT2D eigenvalue weighted by Gasteiger charge is 2.17. The van der Waals surface area contributed by atoms with Gasteiger partial charge in [0.25, 0.3) is 0 Å². The standard InChI is InChI=1S/C9H15N3/c1-10-8-4-2-3-5-9-7(8)6-11-12-9/h6,8,10H,2-5H2,1H3,(H,11,12). The molecule has 0 bridgehead atoms. The van der Waals surface area contributed by atoms with E-state index in [-0.39, 0.29) is 0 Å². The molecule has 0 amide bonds. The van der Waals surface area contributed by atoms with Gasteiger partial charge in [0.2, 0.25) is 0 Å². The Morgan fingerprint density at radius 2 is 2.50 bits per heavy atom. The molecule has 1 aliphatic carbocycles. The van der Waals surface area contributed by atoms with Crippen LogP contribution in [0.25, 0.3) is 0 Å². The zero-order valence-electron chi connectivity index (χ0n) is 7.43. The molecule has 0 saturated heterocycles. The van der Waals surface area contributed by atoms with Gasteiger partial charge in [-0.1, -0.05) is 6.42 Å². The molecule has 2 N–H and O–H groups in total. The first-order chi connectivity index (χ1) is 5.92. The lowest BCUT2D eigenvalue weighted by Crippen LogP contribution is -2.15. The van der Waals surface area contributed by atoms with Gasteiger partial charge in [0.05, 0.1) is 6.20 Å². The Kier molecular flexibility index (Phi) is 2.13. The predicted molar refractivity (Wildman–Crippen MR) is 47.9 cm³/mol. The fourth-order valence-electron chi connectivity index (χ4n) is 1.93. The van der Waals surface area contributed by atoms with Gasteiger partial charge in [-0.25, -0.2) is 0 Å². The van der Waals surface area contributed by atoms with Crippen molar-refractivity contribution >= 4 is 0 Å². The lowest BCUT2D eigenvalue weighted by atomic mass is 10.1. The molecule has 0 radical (unpaired) electrons. The van der Waals surface area contributed by atoms with Crippen molar-refractivity contribution in [1.29, 1.82) is 0 Å². The van der Waals surface area contributed by atoms with Crippen LogP contribution in [0.1, 0.15) is 36.6 Å². The Hall–Kier alpha value is -0.830. The predicted octanol–water partition coefficient (Wildman–Crippen LogP) is 1.40. The van der Waals surface area contributed by atoms with Gasteiger partial charge in [-0.15, -0.1) is 0 Å². The lowest BCUT2D eigenvalue weighted by molar-refractivity contribution is 0.533. The van der Waals surface area contributed by atoms with E-state index in [1.54, 1.807) is 0 Å². The molecule has 3 nitrogen and oxygen atoms in total. The molecule has 2 rings (SSSR count). The third-order valence-electron chi connectivity index (χ3n) is 2.65. The van der Waals surface area contributed by atoms with Crippen LogP contribution in [-0.2, 0) is 6.42 Å². The van der Waals surface area contributed by atoms with Gasteiger partial charge >= 0.3 is 0 Å². The lowest BCUT2D eigenvalue weighted by Gasteiger charge is -2.12. The van der Waals surface area contributed by atoms with Crippen molar-refractivity contribution in [2.45, 2.75) is 31.7 Å². The van der Waals surface area contributed by atoms with E-state index in [1.165, 1.54) is 30.5 Å². The zero-order chi connectivity index (χ0) is 8.39. The summed E-state index contributed by atoms with van der Waals surface area (Å²) in [4.78, 5) is 0. The number of nitrogens with zero attached hydrogens (tertiary/aromatic N) is 1. The highest BCUT2D eigenvalue weighted by Crippen LogP contribution is 2.26. The van der Waals surface area contributed by atoms with E-state index in [4.69, 9.17) is 0 Å². The molecule has 0 aliphatic heterocycles. The summed E-state index contributed by atoms with van der Waals surface area (Å²) < 4.78 is 0. The third kappa shape index (κ3) is 1.25. The van der Waals surface area contributed by atoms with Crippen molar-refractivity contribution in [3.05, 3.63) is 17.5 Å².